The molecule has 0 atom stereocenters. The van der Waals surface area contributed by atoms with Gasteiger partial charge in [0.05, 0.1) is 23.4 Å². The third-order valence-corrected chi connectivity index (χ3v) is 9.74. The fourth-order valence-corrected chi connectivity index (χ4v) is 6.97. The second-order valence-electron chi connectivity index (χ2n) is 9.38. The van der Waals surface area contributed by atoms with E-state index in [1.165, 1.54) is 59.9 Å². The van der Waals surface area contributed by atoms with Gasteiger partial charge in [0.15, 0.2) is 0 Å². The molecule has 0 saturated carbocycles. The predicted octanol–water partition coefficient (Wildman–Crippen LogP) is 4.12. The molecule has 12 heteroatoms. The minimum Gasteiger partial charge on any atom is -0.495 e. The first kappa shape index (κ1) is 28.5. The number of ether oxygens (including phenoxy) is 1. The lowest BCUT2D eigenvalue weighted by molar-refractivity contribution is -0.120. The second kappa shape index (κ2) is 11.7. The van der Waals surface area contributed by atoms with Gasteiger partial charge in [-0.05, 0) is 79.4 Å². The summed E-state index contributed by atoms with van der Waals surface area (Å²) in [7, 11) is -6.04. The molecule has 2 N–H and O–H groups in total. The Morgan fingerprint density at radius 1 is 0.974 bits per heavy atom. The number of carbonyl (C=O) groups excluding carboxylic acids is 1. The molecule has 0 bridgehead atoms. The van der Waals surface area contributed by atoms with Crippen molar-refractivity contribution in [2.24, 2.45) is 5.92 Å². The Hall–Kier alpha value is -3.48. The highest BCUT2D eigenvalue weighted by molar-refractivity contribution is 7.92. The highest BCUT2D eigenvalue weighted by atomic mass is 32.2. The van der Waals surface area contributed by atoms with Crippen LogP contribution in [-0.2, 0) is 30.6 Å². The van der Waals surface area contributed by atoms with E-state index in [-0.39, 0.29) is 35.6 Å². The van der Waals surface area contributed by atoms with Gasteiger partial charge in [0.25, 0.3) is 10.0 Å². The standard InChI is InChI=1S/C27H30FN3O6S2/c1-19-3-12-26(37-2)25(17-19)30-39(35,36)24-10-8-23(9-11-24)29-27(32)21-13-15-31(16-14-21)38(33,34)18-20-4-6-22(28)7-5-20/h3-12,17,21,30H,13-16,18H2,1-2H3,(H,29,32). The van der Waals surface area contributed by atoms with Gasteiger partial charge in [0.1, 0.15) is 11.6 Å². The number of hydrogen-bond acceptors (Lipinski definition) is 6. The molecule has 1 heterocycles. The van der Waals surface area contributed by atoms with E-state index in [9.17, 15) is 26.0 Å². The largest absolute Gasteiger partial charge is 0.495 e. The van der Waals surface area contributed by atoms with Crippen LogP contribution in [0, 0.1) is 18.7 Å². The van der Waals surface area contributed by atoms with Crippen LogP contribution in [0.15, 0.2) is 71.6 Å². The van der Waals surface area contributed by atoms with Crippen molar-refractivity contribution in [2.45, 2.75) is 30.4 Å². The van der Waals surface area contributed by atoms with E-state index in [0.717, 1.165) is 5.56 Å². The summed E-state index contributed by atoms with van der Waals surface area (Å²) in [6.07, 6.45) is 0.701. The molecule has 1 amide bonds. The highest BCUT2D eigenvalue weighted by Crippen LogP contribution is 2.28. The van der Waals surface area contributed by atoms with E-state index in [1.807, 2.05) is 13.0 Å². The maximum absolute atomic E-state index is 13.1. The normalized spacial score (nSPS) is 15.1. The zero-order chi connectivity index (χ0) is 28.2. The van der Waals surface area contributed by atoms with E-state index in [2.05, 4.69) is 10.0 Å². The van der Waals surface area contributed by atoms with E-state index >= 15 is 0 Å². The number of nitrogens with one attached hydrogen (secondary N) is 2. The number of anilines is 2. The number of hydrogen-bond donors (Lipinski definition) is 2. The summed E-state index contributed by atoms with van der Waals surface area (Å²) >= 11 is 0. The summed E-state index contributed by atoms with van der Waals surface area (Å²) in [6, 6.07) is 16.3. The third kappa shape index (κ3) is 7.14. The molecule has 1 aliphatic heterocycles. The first-order valence-electron chi connectivity index (χ1n) is 12.3. The molecule has 0 aliphatic carbocycles. The molecule has 3 aromatic rings. The quantitative estimate of drug-likeness (QED) is 0.396. The lowest BCUT2D eigenvalue weighted by Crippen LogP contribution is -2.41. The number of nitrogens with zero attached hydrogens (tertiary/aromatic N) is 1. The van der Waals surface area contributed by atoms with Crippen LogP contribution in [0.2, 0.25) is 0 Å². The Balaban J connectivity index is 1.33. The van der Waals surface area contributed by atoms with Gasteiger partial charge in [-0.25, -0.2) is 25.5 Å². The van der Waals surface area contributed by atoms with Crippen molar-refractivity contribution in [3.05, 3.63) is 83.7 Å². The molecule has 1 saturated heterocycles. The monoisotopic (exact) mass is 575 g/mol. The smallest absolute Gasteiger partial charge is 0.262 e. The fourth-order valence-electron chi connectivity index (χ4n) is 4.35. The predicted molar refractivity (Wildman–Crippen MR) is 147 cm³/mol. The molecule has 0 radical (unpaired) electrons. The number of rotatable bonds is 9. The summed E-state index contributed by atoms with van der Waals surface area (Å²) in [5.74, 6) is -0.920. The zero-order valence-corrected chi connectivity index (χ0v) is 23.2. The van der Waals surface area contributed by atoms with Gasteiger partial charge in [0, 0.05) is 24.7 Å². The van der Waals surface area contributed by atoms with Gasteiger partial charge in [-0.3, -0.25) is 9.52 Å². The minimum absolute atomic E-state index is 0.0173. The number of benzene rings is 3. The SMILES string of the molecule is COc1ccc(C)cc1NS(=O)(=O)c1ccc(NC(=O)C2CCN(S(=O)(=O)Cc3ccc(F)cc3)CC2)cc1. The average Bonchev–Trinajstić information content (AvgIpc) is 2.90. The first-order valence-corrected chi connectivity index (χ1v) is 15.4. The fraction of sp³-hybridized carbons (Fsp3) is 0.296. The maximum Gasteiger partial charge on any atom is 0.262 e. The average molecular weight is 576 g/mol. The molecule has 1 aliphatic rings. The number of sulfonamides is 2. The lowest BCUT2D eigenvalue weighted by Gasteiger charge is -2.30. The Morgan fingerprint density at radius 2 is 1.62 bits per heavy atom. The summed E-state index contributed by atoms with van der Waals surface area (Å²) in [6.45, 7) is 2.24. The molecule has 208 valence electrons. The first-order chi connectivity index (χ1) is 18.5. The van der Waals surface area contributed by atoms with Gasteiger partial charge in [-0.2, -0.15) is 0 Å². The molecule has 9 nitrogen and oxygen atoms in total. The van der Waals surface area contributed by atoms with E-state index in [1.54, 1.807) is 12.1 Å². The van der Waals surface area contributed by atoms with Crippen molar-refractivity contribution in [3.8, 4) is 5.75 Å². The Bertz CT molecular complexity index is 1540. The number of aryl methyl sites for hydroxylation is 1. The van der Waals surface area contributed by atoms with E-state index in [0.29, 0.717) is 35.5 Å². The van der Waals surface area contributed by atoms with E-state index < -0.39 is 25.9 Å². The van der Waals surface area contributed by atoms with Crippen molar-refractivity contribution in [1.82, 2.24) is 4.31 Å². The Labute approximate surface area is 228 Å². The van der Waals surface area contributed by atoms with Gasteiger partial charge in [-0.1, -0.05) is 18.2 Å². The molecule has 0 aromatic heterocycles. The molecule has 1 fully saturated rings. The Morgan fingerprint density at radius 3 is 2.23 bits per heavy atom. The van der Waals surface area contributed by atoms with Gasteiger partial charge in [-0.15, -0.1) is 0 Å². The van der Waals surface area contributed by atoms with Crippen molar-refractivity contribution < 1.29 is 30.8 Å². The van der Waals surface area contributed by atoms with E-state index in [4.69, 9.17) is 4.74 Å². The number of amides is 1. The lowest BCUT2D eigenvalue weighted by atomic mass is 9.97. The van der Waals surface area contributed by atoms with Crippen LogP contribution in [0.4, 0.5) is 15.8 Å². The summed E-state index contributed by atoms with van der Waals surface area (Å²) in [5, 5.41) is 2.79. The van der Waals surface area contributed by atoms with Crippen LogP contribution >= 0.6 is 0 Å². The molecular weight excluding hydrogens is 545 g/mol. The van der Waals surface area contributed by atoms with Crippen molar-refractivity contribution in [1.29, 1.82) is 0 Å². The number of methoxy groups -OCH3 is 1. The molecular formula is C27H30FN3O6S2. The van der Waals surface area contributed by atoms with Gasteiger partial charge >= 0.3 is 0 Å². The van der Waals surface area contributed by atoms with Crippen LogP contribution in [0.3, 0.4) is 0 Å². The summed E-state index contributed by atoms with van der Waals surface area (Å²) < 4.78 is 73.5. The Kier molecular flexibility index (Phi) is 8.57. The molecule has 0 unspecified atom stereocenters. The van der Waals surface area contributed by atoms with Crippen LogP contribution in [0.25, 0.3) is 0 Å². The number of halogens is 1. The topological polar surface area (TPSA) is 122 Å². The van der Waals surface area contributed by atoms with Crippen LogP contribution < -0.4 is 14.8 Å². The summed E-state index contributed by atoms with van der Waals surface area (Å²) in [4.78, 5) is 12.8. The van der Waals surface area contributed by atoms with Gasteiger partial charge in [0.2, 0.25) is 15.9 Å². The van der Waals surface area contributed by atoms with Crippen molar-refractivity contribution >= 4 is 37.3 Å². The molecule has 0 spiro atoms. The second-order valence-corrected chi connectivity index (χ2v) is 13.0. The van der Waals surface area contributed by atoms with Crippen molar-refractivity contribution in [2.75, 3.05) is 30.2 Å². The van der Waals surface area contributed by atoms with Crippen LogP contribution in [-0.4, -0.2) is 47.2 Å². The zero-order valence-electron chi connectivity index (χ0n) is 21.6. The van der Waals surface area contributed by atoms with Crippen LogP contribution in [0.5, 0.6) is 5.75 Å². The van der Waals surface area contributed by atoms with Crippen LogP contribution in [0.1, 0.15) is 24.0 Å². The van der Waals surface area contributed by atoms with Gasteiger partial charge < -0.3 is 10.1 Å². The molecule has 4 rings (SSSR count). The highest BCUT2D eigenvalue weighted by Gasteiger charge is 2.31. The summed E-state index contributed by atoms with van der Waals surface area (Å²) in [5.41, 5.74) is 2.11. The number of piperidine rings is 1. The molecule has 3 aromatic carbocycles. The number of carbonyl (C=O) groups is 1. The molecule has 39 heavy (non-hydrogen) atoms. The maximum atomic E-state index is 13.1. The minimum atomic E-state index is -3.90. The third-order valence-electron chi connectivity index (χ3n) is 6.51. The van der Waals surface area contributed by atoms with Crippen molar-refractivity contribution in [3.63, 3.8) is 0 Å².